The van der Waals surface area contributed by atoms with E-state index in [0.717, 1.165) is 6.42 Å². The molecule has 1 atom stereocenters. The standard InChI is InChI=1S/C15H19ClN2O3/c1-11(15(20)21)17-7-4-8-18(10-9-17)14(19)12-5-2-3-6-13(12)16/h2-3,5-6,11H,4,7-10H2,1H3,(H,20,21). The molecule has 0 aliphatic carbocycles. The van der Waals surface area contributed by atoms with Gasteiger partial charge < -0.3 is 10.0 Å². The number of carboxylic acid groups (broad SMARTS) is 1. The summed E-state index contributed by atoms with van der Waals surface area (Å²) in [5, 5.41) is 9.52. The molecule has 114 valence electrons. The van der Waals surface area contributed by atoms with Crippen LogP contribution < -0.4 is 0 Å². The van der Waals surface area contributed by atoms with Crippen LogP contribution in [-0.4, -0.2) is 59.0 Å². The van der Waals surface area contributed by atoms with E-state index in [4.69, 9.17) is 16.7 Å². The normalized spacial score (nSPS) is 18.1. The molecule has 0 radical (unpaired) electrons. The van der Waals surface area contributed by atoms with Crippen molar-refractivity contribution in [2.75, 3.05) is 26.2 Å². The Kier molecular flexibility index (Phi) is 5.20. The Labute approximate surface area is 129 Å². The fraction of sp³-hybridized carbons (Fsp3) is 0.467. The van der Waals surface area contributed by atoms with E-state index in [-0.39, 0.29) is 5.91 Å². The number of rotatable bonds is 3. The summed E-state index contributed by atoms with van der Waals surface area (Å²) in [6, 6.07) is 6.46. The molecule has 0 bridgehead atoms. The fourth-order valence-electron chi connectivity index (χ4n) is 2.49. The predicted molar refractivity (Wildman–Crippen MR) is 80.6 cm³/mol. The topological polar surface area (TPSA) is 60.9 Å². The van der Waals surface area contributed by atoms with E-state index in [0.29, 0.717) is 36.8 Å². The number of carboxylic acids is 1. The van der Waals surface area contributed by atoms with Gasteiger partial charge in [0.05, 0.1) is 10.6 Å². The Morgan fingerprint density at radius 2 is 1.90 bits per heavy atom. The number of aliphatic carboxylic acids is 1. The van der Waals surface area contributed by atoms with Crippen molar-refractivity contribution in [2.45, 2.75) is 19.4 Å². The highest BCUT2D eigenvalue weighted by Gasteiger charge is 2.26. The molecule has 1 saturated heterocycles. The van der Waals surface area contributed by atoms with Crippen LogP contribution in [0.5, 0.6) is 0 Å². The van der Waals surface area contributed by atoms with Crippen LogP contribution in [0.25, 0.3) is 0 Å². The van der Waals surface area contributed by atoms with Crippen LogP contribution in [0.1, 0.15) is 23.7 Å². The van der Waals surface area contributed by atoms with Crippen molar-refractivity contribution < 1.29 is 14.7 Å². The third kappa shape index (κ3) is 3.74. The van der Waals surface area contributed by atoms with Gasteiger partial charge >= 0.3 is 5.97 Å². The monoisotopic (exact) mass is 310 g/mol. The van der Waals surface area contributed by atoms with Gasteiger partial charge in [-0.05, 0) is 25.5 Å². The Balaban J connectivity index is 2.05. The van der Waals surface area contributed by atoms with Crippen LogP contribution in [0.2, 0.25) is 5.02 Å². The van der Waals surface area contributed by atoms with Gasteiger partial charge in [-0.1, -0.05) is 23.7 Å². The summed E-state index contributed by atoms with van der Waals surface area (Å²) in [5.74, 6) is -0.925. The van der Waals surface area contributed by atoms with Crippen molar-refractivity contribution in [1.29, 1.82) is 0 Å². The van der Waals surface area contributed by atoms with Crippen molar-refractivity contribution in [3.05, 3.63) is 34.9 Å². The van der Waals surface area contributed by atoms with E-state index in [9.17, 15) is 9.59 Å². The minimum atomic E-state index is -0.833. The fourth-order valence-corrected chi connectivity index (χ4v) is 2.71. The minimum Gasteiger partial charge on any atom is -0.480 e. The third-order valence-electron chi connectivity index (χ3n) is 3.83. The molecule has 1 aromatic carbocycles. The lowest BCUT2D eigenvalue weighted by Gasteiger charge is -2.25. The van der Waals surface area contributed by atoms with Crippen molar-refractivity contribution in [3.63, 3.8) is 0 Å². The number of hydrogen-bond donors (Lipinski definition) is 1. The summed E-state index contributed by atoms with van der Waals surface area (Å²) in [6.45, 7) is 4.05. The van der Waals surface area contributed by atoms with Crippen molar-refractivity contribution in [3.8, 4) is 0 Å². The molecule has 21 heavy (non-hydrogen) atoms. The van der Waals surface area contributed by atoms with Crippen LogP contribution >= 0.6 is 11.6 Å². The second-order valence-electron chi connectivity index (χ2n) is 5.18. The Morgan fingerprint density at radius 3 is 2.57 bits per heavy atom. The average molecular weight is 311 g/mol. The third-order valence-corrected chi connectivity index (χ3v) is 4.16. The molecule has 5 nitrogen and oxygen atoms in total. The van der Waals surface area contributed by atoms with Crippen LogP contribution in [0.15, 0.2) is 24.3 Å². The molecule has 1 unspecified atom stereocenters. The summed E-state index contributed by atoms with van der Waals surface area (Å²) >= 11 is 6.06. The summed E-state index contributed by atoms with van der Waals surface area (Å²) in [5.41, 5.74) is 0.499. The minimum absolute atomic E-state index is 0.0922. The number of carbonyl (C=O) groups is 2. The molecule has 1 aliphatic rings. The lowest BCUT2D eigenvalue weighted by molar-refractivity contribution is -0.142. The number of amides is 1. The maximum absolute atomic E-state index is 12.5. The van der Waals surface area contributed by atoms with E-state index in [2.05, 4.69) is 0 Å². The first-order chi connectivity index (χ1) is 10.0. The quantitative estimate of drug-likeness (QED) is 0.927. The number of halogens is 1. The SMILES string of the molecule is CC(C(=O)O)N1CCCN(C(=O)c2ccccc2Cl)CC1. The van der Waals surface area contributed by atoms with E-state index in [1.807, 2.05) is 4.90 Å². The van der Waals surface area contributed by atoms with Gasteiger partial charge in [-0.3, -0.25) is 14.5 Å². The zero-order valence-electron chi connectivity index (χ0n) is 12.0. The molecule has 1 aliphatic heterocycles. The molecule has 0 saturated carbocycles. The number of nitrogens with zero attached hydrogens (tertiary/aromatic N) is 2. The maximum Gasteiger partial charge on any atom is 0.320 e. The smallest absolute Gasteiger partial charge is 0.320 e. The zero-order valence-corrected chi connectivity index (χ0v) is 12.7. The van der Waals surface area contributed by atoms with E-state index in [1.54, 1.807) is 36.1 Å². The van der Waals surface area contributed by atoms with Gasteiger partial charge in [-0.15, -0.1) is 0 Å². The van der Waals surface area contributed by atoms with Gasteiger partial charge in [0.2, 0.25) is 0 Å². The zero-order chi connectivity index (χ0) is 15.4. The largest absolute Gasteiger partial charge is 0.480 e. The number of benzene rings is 1. The summed E-state index contributed by atoms with van der Waals surface area (Å²) in [6.07, 6.45) is 0.758. The Bertz CT molecular complexity index is 535. The summed E-state index contributed by atoms with van der Waals surface area (Å²) in [4.78, 5) is 27.2. The highest BCUT2D eigenvalue weighted by molar-refractivity contribution is 6.33. The molecule has 1 heterocycles. The molecule has 1 N–H and O–H groups in total. The lowest BCUT2D eigenvalue weighted by Crippen LogP contribution is -2.42. The van der Waals surface area contributed by atoms with Crippen LogP contribution in [0.3, 0.4) is 0 Å². The molecule has 2 rings (SSSR count). The number of carbonyl (C=O) groups excluding carboxylic acids is 1. The highest BCUT2D eigenvalue weighted by atomic mass is 35.5. The second-order valence-corrected chi connectivity index (χ2v) is 5.58. The van der Waals surface area contributed by atoms with E-state index < -0.39 is 12.0 Å². The van der Waals surface area contributed by atoms with Gasteiger partial charge in [-0.25, -0.2) is 0 Å². The molecular formula is C15H19ClN2O3. The highest BCUT2D eigenvalue weighted by Crippen LogP contribution is 2.18. The maximum atomic E-state index is 12.5. The van der Waals surface area contributed by atoms with Gasteiger partial charge in [-0.2, -0.15) is 0 Å². The molecule has 0 spiro atoms. The Morgan fingerprint density at radius 1 is 1.19 bits per heavy atom. The van der Waals surface area contributed by atoms with Crippen LogP contribution in [0.4, 0.5) is 0 Å². The van der Waals surface area contributed by atoms with Gasteiger partial charge in [0.1, 0.15) is 6.04 Å². The predicted octanol–water partition coefficient (Wildman–Crippen LogP) is 1.96. The van der Waals surface area contributed by atoms with E-state index in [1.165, 1.54) is 0 Å². The van der Waals surface area contributed by atoms with Crippen LogP contribution in [-0.2, 0) is 4.79 Å². The van der Waals surface area contributed by atoms with Gasteiger partial charge in [0.25, 0.3) is 5.91 Å². The first-order valence-electron chi connectivity index (χ1n) is 7.01. The molecular weight excluding hydrogens is 292 g/mol. The van der Waals surface area contributed by atoms with Gasteiger partial charge in [0, 0.05) is 26.2 Å². The van der Waals surface area contributed by atoms with Gasteiger partial charge in [0.15, 0.2) is 0 Å². The van der Waals surface area contributed by atoms with Crippen LogP contribution in [0, 0.1) is 0 Å². The van der Waals surface area contributed by atoms with Crippen molar-refractivity contribution in [2.24, 2.45) is 0 Å². The summed E-state index contributed by atoms with van der Waals surface area (Å²) in [7, 11) is 0. The first kappa shape index (κ1) is 15.8. The molecule has 1 fully saturated rings. The Hall–Kier alpha value is -1.59. The molecule has 6 heteroatoms. The first-order valence-corrected chi connectivity index (χ1v) is 7.39. The average Bonchev–Trinajstić information content (AvgIpc) is 2.72. The molecule has 1 aromatic rings. The second kappa shape index (κ2) is 6.91. The van der Waals surface area contributed by atoms with Crippen molar-refractivity contribution >= 4 is 23.5 Å². The van der Waals surface area contributed by atoms with Crippen molar-refractivity contribution in [1.82, 2.24) is 9.80 Å². The molecule has 0 aromatic heterocycles. The summed E-state index contributed by atoms with van der Waals surface area (Å²) < 4.78 is 0. The molecule has 1 amide bonds. The van der Waals surface area contributed by atoms with E-state index >= 15 is 0 Å². The number of hydrogen-bond acceptors (Lipinski definition) is 3. The lowest BCUT2D eigenvalue weighted by atomic mass is 10.2.